The molecule has 2 rings (SSSR count). The molecule has 19 heavy (non-hydrogen) atoms. The molecule has 0 aliphatic heterocycles. The summed E-state index contributed by atoms with van der Waals surface area (Å²) in [6.45, 7) is 0.506. The van der Waals surface area contributed by atoms with Gasteiger partial charge in [-0.05, 0) is 12.1 Å². The molecule has 5 heteroatoms. The maximum Gasteiger partial charge on any atom is 0.330 e. The van der Waals surface area contributed by atoms with E-state index in [4.69, 9.17) is 0 Å². The van der Waals surface area contributed by atoms with E-state index in [1.54, 1.807) is 7.05 Å². The van der Waals surface area contributed by atoms with E-state index in [1.807, 2.05) is 42.3 Å². The van der Waals surface area contributed by atoms with Crippen molar-refractivity contribution in [2.75, 3.05) is 11.9 Å². The molecular formula is C14H17N3O2. The highest BCUT2D eigenvalue weighted by Gasteiger charge is 2.08. The van der Waals surface area contributed by atoms with Crippen LogP contribution in [0.1, 0.15) is 5.69 Å². The molecule has 0 saturated carbocycles. The molecule has 0 spiro atoms. The van der Waals surface area contributed by atoms with Gasteiger partial charge in [-0.3, -0.25) is 13.9 Å². The van der Waals surface area contributed by atoms with E-state index in [0.717, 1.165) is 10.3 Å². The third kappa shape index (κ3) is 2.59. The molecule has 2 aromatic rings. The van der Waals surface area contributed by atoms with Gasteiger partial charge < -0.3 is 4.90 Å². The number of anilines is 1. The van der Waals surface area contributed by atoms with Crippen LogP contribution in [0.15, 0.2) is 46.0 Å². The minimum Gasteiger partial charge on any atom is -0.369 e. The molecule has 0 unspecified atom stereocenters. The monoisotopic (exact) mass is 259 g/mol. The molecule has 1 aromatic heterocycles. The zero-order valence-electron chi connectivity index (χ0n) is 11.3. The Hall–Kier alpha value is -2.30. The van der Waals surface area contributed by atoms with Gasteiger partial charge in [0.2, 0.25) is 0 Å². The maximum atomic E-state index is 11.8. The number of aromatic nitrogens is 2. The van der Waals surface area contributed by atoms with Crippen LogP contribution in [0.4, 0.5) is 5.69 Å². The Bertz CT molecular complexity index is 686. The van der Waals surface area contributed by atoms with Crippen LogP contribution >= 0.6 is 0 Å². The van der Waals surface area contributed by atoms with E-state index in [1.165, 1.54) is 17.7 Å². The summed E-state index contributed by atoms with van der Waals surface area (Å²) in [7, 11) is 5.09. The molecule has 1 aromatic carbocycles. The third-order valence-electron chi connectivity index (χ3n) is 3.22. The third-order valence-corrected chi connectivity index (χ3v) is 3.22. The summed E-state index contributed by atoms with van der Waals surface area (Å²) < 4.78 is 2.60. The largest absolute Gasteiger partial charge is 0.369 e. The first-order chi connectivity index (χ1) is 9.00. The zero-order valence-corrected chi connectivity index (χ0v) is 11.3. The second-order valence-electron chi connectivity index (χ2n) is 4.57. The first-order valence-electron chi connectivity index (χ1n) is 6.03. The first kappa shape index (κ1) is 13.1. The van der Waals surface area contributed by atoms with Gasteiger partial charge in [-0.1, -0.05) is 18.2 Å². The second kappa shape index (κ2) is 5.14. The van der Waals surface area contributed by atoms with E-state index < -0.39 is 0 Å². The average molecular weight is 259 g/mol. The Balaban J connectivity index is 2.35. The molecule has 5 nitrogen and oxygen atoms in total. The van der Waals surface area contributed by atoms with Crippen LogP contribution in [0.3, 0.4) is 0 Å². The van der Waals surface area contributed by atoms with Gasteiger partial charge in [0.15, 0.2) is 0 Å². The molecule has 1 heterocycles. The van der Waals surface area contributed by atoms with Crippen molar-refractivity contribution in [3.05, 3.63) is 62.9 Å². The van der Waals surface area contributed by atoms with Gasteiger partial charge in [-0.15, -0.1) is 0 Å². The summed E-state index contributed by atoms with van der Waals surface area (Å²) in [6, 6.07) is 11.3. The van der Waals surface area contributed by atoms with Gasteiger partial charge in [0.05, 0.1) is 6.54 Å². The Kier molecular flexibility index (Phi) is 3.55. The van der Waals surface area contributed by atoms with E-state index in [0.29, 0.717) is 12.2 Å². The Morgan fingerprint density at radius 2 is 1.68 bits per heavy atom. The lowest BCUT2D eigenvalue weighted by molar-refractivity contribution is 0.644. The fraction of sp³-hybridized carbons (Fsp3) is 0.286. The van der Waals surface area contributed by atoms with Crippen molar-refractivity contribution in [3.8, 4) is 0 Å². The highest BCUT2D eigenvalue weighted by atomic mass is 16.2. The van der Waals surface area contributed by atoms with Crippen molar-refractivity contribution in [2.45, 2.75) is 6.54 Å². The molecule has 100 valence electrons. The molecular weight excluding hydrogens is 242 g/mol. The summed E-state index contributed by atoms with van der Waals surface area (Å²) in [5.74, 6) is 0. The lowest BCUT2D eigenvalue weighted by atomic mass is 10.3. The van der Waals surface area contributed by atoms with Crippen LogP contribution in [-0.4, -0.2) is 16.2 Å². The molecule has 0 aliphatic carbocycles. The predicted molar refractivity (Wildman–Crippen MR) is 75.5 cm³/mol. The van der Waals surface area contributed by atoms with Crippen LogP contribution in [-0.2, 0) is 20.6 Å². The number of nitrogens with zero attached hydrogens (tertiary/aromatic N) is 3. The summed E-state index contributed by atoms with van der Waals surface area (Å²) in [4.78, 5) is 25.5. The lowest BCUT2D eigenvalue weighted by Crippen LogP contribution is -2.39. The molecule has 0 radical (unpaired) electrons. The van der Waals surface area contributed by atoms with Crippen LogP contribution in [0.5, 0.6) is 0 Å². The minimum atomic E-state index is -0.302. The Morgan fingerprint density at radius 1 is 1.05 bits per heavy atom. The quantitative estimate of drug-likeness (QED) is 0.816. The minimum absolute atomic E-state index is 0.278. The van der Waals surface area contributed by atoms with Crippen molar-refractivity contribution >= 4 is 5.69 Å². The van der Waals surface area contributed by atoms with Crippen LogP contribution in [0.25, 0.3) is 0 Å². The van der Waals surface area contributed by atoms with Crippen molar-refractivity contribution in [1.29, 1.82) is 0 Å². The average Bonchev–Trinajstić information content (AvgIpc) is 2.43. The number of rotatable bonds is 3. The van der Waals surface area contributed by atoms with Gasteiger partial charge in [-0.25, -0.2) is 4.79 Å². The molecule has 0 fully saturated rings. The number of hydrogen-bond acceptors (Lipinski definition) is 3. The van der Waals surface area contributed by atoms with E-state index in [2.05, 4.69) is 0 Å². The summed E-state index contributed by atoms with van der Waals surface area (Å²) in [5.41, 5.74) is 1.15. The van der Waals surface area contributed by atoms with E-state index in [9.17, 15) is 9.59 Å². The normalized spacial score (nSPS) is 10.5. The fourth-order valence-corrected chi connectivity index (χ4v) is 1.95. The summed E-state index contributed by atoms with van der Waals surface area (Å²) in [6.07, 6.45) is 0. The SMILES string of the molecule is CN(Cc1cc(=O)n(C)c(=O)n1C)c1ccccc1. The van der Waals surface area contributed by atoms with E-state index in [-0.39, 0.29) is 11.2 Å². The molecule has 0 saturated heterocycles. The number of para-hydroxylation sites is 1. The van der Waals surface area contributed by atoms with Crippen molar-refractivity contribution in [2.24, 2.45) is 14.1 Å². The van der Waals surface area contributed by atoms with Crippen LogP contribution in [0.2, 0.25) is 0 Å². The zero-order chi connectivity index (χ0) is 14.0. The fourth-order valence-electron chi connectivity index (χ4n) is 1.95. The standard InChI is InChI=1S/C14H17N3O2/c1-15(11-7-5-4-6-8-11)10-12-9-13(18)17(3)14(19)16(12)2/h4-9H,10H2,1-3H3. The van der Waals surface area contributed by atoms with E-state index >= 15 is 0 Å². The lowest BCUT2D eigenvalue weighted by Gasteiger charge is -2.20. The van der Waals surface area contributed by atoms with Gasteiger partial charge in [-0.2, -0.15) is 0 Å². The smallest absolute Gasteiger partial charge is 0.330 e. The highest BCUT2D eigenvalue weighted by molar-refractivity contribution is 5.45. The summed E-state index contributed by atoms with van der Waals surface area (Å²) in [5, 5.41) is 0. The highest BCUT2D eigenvalue weighted by Crippen LogP contribution is 2.13. The topological polar surface area (TPSA) is 47.2 Å². The molecule has 0 amide bonds. The Labute approximate surface area is 111 Å². The maximum absolute atomic E-state index is 11.8. The van der Waals surface area contributed by atoms with Gasteiger partial charge in [0.25, 0.3) is 5.56 Å². The number of hydrogen-bond donors (Lipinski definition) is 0. The molecule has 0 N–H and O–H groups in total. The van der Waals surface area contributed by atoms with Gasteiger partial charge in [0, 0.05) is 38.6 Å². The van der Waals surface area contributed by atoms with Crippen molar-refractivity contribution in [3.63, 3.8) is 0 Å². The molecule has 0 bridgehead atoms. The van der Waals surface area contributed by atoms with Crippen molar-refractivity contribution in [1.82, 2.24) is 9.13 Å². The van der Waals surface area contributed by atoms with Gasteiger partial charge in [0.1, 0.15) is 0 Å². The predicted octanol–water partition coefficient (Wildman–Crippen LogP) is 0.720. The van der Waals surface area contributed by atoms with Gasteiger partial charge >= 0.3 is 5.69 Å². The number of benzene rings is 1. The first-order valence-corrected chi connectivity index (χ1v) is 6.03. The molecule has 0 atom stereocenters. The summed E-state index contributed by atoms with van der Waals surface area (Å²) >= 11 is 0. The second-order valence-corrected chi connectivity index (χ2v) is 4.57. The van der Waals surface area contributed by atoms with Crippen molar-refractivity contribution < 1.29 is 0 Å². The Morgan fingerprint density at radius 3 is 2.32 bits per heavy atom. The van der Waals surface area contributed by atoms with Crippen LogP contribution in [0, 0.1) is 0 Å². The van der Waals surface area contributed by atoms with Crippen LogP contribution < -0.4 is 16.1 Å². The molecule has 0 aliphatic rings.